The number of carboxylic acid groups (broad SMARTS) is 1. The summed E-state index contributed by atoms with van der Waals surface area (Å²) in [5.74, 6) is 2.17. The van der Waals surface area contributed by atoms with Crippen LogP contribution in [0.2, 0.25) is 0 Å². The van der Waals surface area contributed by atoms with Crippen molar-refractivity contribution in [2.45, 2.75) is 25.8 Å². The number of carboxylic acids is 1. The molecule has 0 bridgehead atoms. The monoisotopic (exact) mass is 361 g/mol. The topological polar surface area (TPSA) is 162 Å². The van der Waals surface area contributed by atoms with Crippen molar-refractivity contribution in [1.82, 2.24) is 5.32 Å². The number of rotatable bonds is 7. The van der Waals surface area contributed by atoms with E-state index in [1.54, 1.807) is 0 Å². The highest BCUT2D eigenvalue weighted by Crippen LogP contribution is 2.33. The number of hydrogen-bond acceptors (Lipinski definition) is 7. The minimum Gasteiger partial charge on any atom is -0.504 e. The first-order valence-corrected chi connectivity index (χ1v) is 7.64. The van der Waals surface area contributed by atoms with Crippen LogP contribution in [0.3, 0.4) is 0 Å². The van der Waals surface area contributed by atoms with Gasteiger partial charge in [-0.05, 0) is 30.2 Å². The maximum Gasteiger partial charge on any atom is 0.328 e. The van der Waals surface area contributed by atoms with E-state index < -0.39 is 36.0 Å². The quantitative estimate of drug-likeness (QED) is 0.160. The van der Waals surface area contributed by atoms with Gasteiger partial charge in [-0.2, -0.15) is 4.91 Å². The molecule has 1 unspecified atom stereocenters. The van der Waals surface area contributed by atoms with Crippen molar-refractivity contribution in [3.05, 3.63) is 28.2 Å². The lowest BCUT2D eigenvalue weighted by molar-refractivity contribution is -0.140. The summed E-state index contributed by atoms with van der Waals surface area (Å²) in [5.41, 5.74) is 5.62. The summed E-state index contributed by atoms with van der Waals surface area (Å²) in [6.45, 7) is 1.26. The molecule has 0 aromatic heterocycles. The summed E-state index contributed by atoms with van der Waals surface area (Å²) in [5, 5.41) is 32.7. The SMILES string of the molecule is CCCC#C/C(=C\c1cc(N)c(O)c(O)c1)C(=O)NC(CN=O)C(=O)O. The van der Waals surface area contributed by atoms with Crippen molar-refractivity contribution in [2.75, 3.05) is 12.3 Å². The minimum atomic E-state index is -1.49. The second-order valence-electron chi connectivity index (χ2n) is 5.26. The molecule has 138 valence electrons. The Bertz CT molecular complexity index is 768. The largest absolute Gasteiger partial charge is 0.504 e. The van der Waals surface area contributed by atoms with Gasteiger partial charge in [-0.3, -0.25) is 4.79 Å². The Morgan fingerprint density at radius 3 is 2.62 bits per heavy atom. The lowest BCUT2D eigenvalue weighted by Gasteiger charge is -2.11. The van der Waals surface area contributed by atoms with Gasteiger partial charge in [-0.25, -0.2) is 4.79 Å². The molecule has 0 aliphatic rings. The van der Waals surface area contributed by atoms with Gasteiger partial charge in [-0.15, -0.1) is 0 Å². The number of anilines is 1. The van der Waals surface area contributed by atoms with E-state index in [1.165, 1.54) is 18.2 Å². The fourth-order valence-electron chi connectivity index (χ4n) is 1.85. The van der Waals surface area contributed by atoms with E-state index in [1.807, 2.05) is 6.92 Å². The number of carbonyl (C=O) groups excluding carboxylic acids is 1. The molecule has 9 nitrogen and oxygen atoms in total. The van der Waals surface area contributed by atoms with Crippen molar-refractivity contribution < 1.29 is 24.9 Å². The van der Waals surface area contributed by atoms with Crippen LogP contribution < -0.4 is 11.1 Å². The third-order valence-electron chi connectivity index (χ3n) is 3.16. The number of nitrogens with one attached hydrogen (secondary N) is 1. The van der Waals surface area contributed by atoms with Gasteiger partial charge in [0.2, 0.25) is 0 Å². The number of nitrogens with two attached hydrogens (primary N) is 1. The van der Waals surface area contributed by atoms with Crippen LogP contribution >= 0.6 is 0 Å². The number of benzene rings is 1. The lowest BCUT2D eigenvalue weighted by Crippen LogP contribution is -2.43. The summed E-state index contributed by atoms with van der Waals surface area (Å²) in [7, 11) is 0. The number of nitrogen functional groups attached to an aromatic ring is 1. The molecule has 26 heavy (non-hydrogen) atoms. The van der Waals surface area contributed by atoms with Crippen molar-refractivity contribution in [3.63, 3.8) is 0 Å². The molecule has 0 radical (unpaired) electrons. The molecule has 0 saturated heterocycles. The van der Waals surface area contributed by atoms with Crippen LogP contribution in [0.15, 0.2) is 22.9 Å². The summed E-state index contributed by atoms with van der Waals surface area (Å²) >= 11 is 0. The fraction of sp³-hybridized carbons (Fsp3) is 0.294. The molecule has 1 atom stereocenters. The van der Waals surface area contributed by atoms with Crippen molar-refractivity contribution in [3.8, 4) is 23.3 Å². The van der Waals surface area contributed by atoms with Gasteiger partial charge >= 0.3 is 5.97 Å². The molecule has 0 spiro atoms. The maximum absolute atomic E-state index is 12.3. The average Bonchev–Trinajstić information content (AvgIpc) is 2.58. The molecule has 0 aliphatic heterocycles. The van der Waals surface area contributed by atoms with Crippen LogP contribution in [-0.2, 0) is 9.59 Å². The number of aromatic hydroxyl groups is 2. The number of aliphatic carboxylic acids is 1. The third-order valence-corrected chi connectivity index (χ3v) is 3.16. The first-order chi connectivity index (χ1) is 12.3. The average molecular weight is 361 g/mol. The fourth-order valence-corrected chi connectivity index (χ4v) is 1.85. The number of nitroso groups, excluding NO2 is 1. The molecule has 0 aliphatic carbocycles. The van der Waals surface area contributed by atoms with E-state index in [4.69, 9.17) is 10.8 Å². The summed E-state index contributed by atoms with van der Waals surface area (Å²) < 4.78 is 0. The molecule has 0 heterocycles. The molecule has 1 aromatic rings. The second kappa shape index (κ2) is 9.68. The van der Waals surface area contributed by atoms with E-state index in [2.05, 4.69) is 22.3 Å². The minimum absolute atomic E-state index is 0.0971. The molecule has 0 fully saturated rings. The zero-order valence-electron chi connectivity index (χ0n) is 14.0. The molecular formula is C17H19N3O6. The van der Waals surface area contributed by atoms with Gasteiger partial charge in [0, 0.05) is 6.42 Å². The number of unbranched alkanes of at least 4 members (excludes halogenated alkanes) is 1. The number of phenolic OH excluding ortho intramolecular Hbond substituents is 2. The van der Waals surface area contributed by atoms with Crippen LogP contribution in [0.25, 0.3) is 6.08 Å². The van der Waals surface area contributed by atoms with E-state index >= 15 is 0 Å². The van der Waals surface area contributed by atoms with Crippen molar-refractivity contribution in [1.29, 1.82) is 0 Å². The van der Waals surface area contributed by atoms with Gasteiger partial charge < -0.3 is 26.4 Å². The zero-order valence-corrected chi connectivity index (χ0v) is 14.0. The van der Waals surface area contributed by atoms with Gasteiger partial charge in [-0.1, -0.05) is 23.9 Å². The highest BCUT2D eigenvalue weighted by Gasteiger charge is 2.21. The Morgan fingerprint density at radius 2 is 2.08 bits per heavy atom. The summed E-state index contributed by atoms with van der Waals surface area (Å²) in [6.07, 6.45) is 2.54. The van der Waals surface area contributed by atoms with Crippen molar-refractivity contribution >= 4 is 23.6 Å². The number of phenols is 2. The number of nitrogens with zero attached hydrogens (tertiary/aromatic N) is 1. The summed E-state index contributed by atoms with van der Waals surface area (Å²) in [4.78, 5) is 33.7. The van der Waals surface area contributed by atoms with E-state index in [9.17, 15) is 24.7 Å². The first-order valence-electron chi connectivity index (χ1n) is 7.64. The standard InChI is InChI=1S/C17H19N3O6/c1-2-3-4-5-11(16(23)20-13(9-19-26)17(24)25)6-10-7-12(18)15(22)14(21)8-10/h6-8,13,21-22H,2-3,9,18H2,1H3,(H,20,23)(H,24,25)/b11-6+. The van der Waals surface area contributed by atoms with Gasteiger partial charge in [0.15, 0.2) is 17.5 Å². The van der Waals surface area contributed by atoms with Crippen LogP contribution in [0.5, 0.6) is 11.5 Å². The van der Waals surface area contributed by atoms with Gasteiger partial charge in [0.05, 0.1) is 11.3 Å². The van der Waals surface area contributed by atoms with Gasteiger partial charge in [0.25, 0.3) is 5.91 Å². The molecule has 1 aromatic carbocycles. The van der Waals surface area contributed by atoms with Crippen LogP contribution in [0.1, 0.15) is 25.3 Å². The van der Waals surface area contributed by atoms with Crippen LogP contribution in [-0.4, -0.2) is 39.8 Å². The Labute approximate surface area is 149 Å². The summed E-state index contributed by atoms with van der Waals surface area (Å²) in [6, 6.07) is 0.989. The zero-order chi connectivity index (χ0) is 19.7. The Morgan fingerprint density at radius 1 is 1.38 bits per heavy atom. The second-order valence-corrected chi connectivity index (χ2v) is 5.26. The van der Waals surface area contributed by atoms with Gasteiger partial charge in [0.1, 0.15) is 6.54 Å². The predicted molar refractivity (Wildman–Crippen MR) is 95.1 cm³/mol. The molecular weight excluding hydrogens is 342 g/mol. The van der Waals surface area contributed by atoms with Crippen LogP contribution in [0, 0.1) is 16.7 Å². The Hall–Kier alpha value is -3.54. The highest BCUT2D eigenvalue weighted by atomic mass is 16.4. The highest BCUT2D eigenvalue weighted by molar-refractivity contribution is 6.03. The lowest BCUT2D eigenvalue weighted by atomic mass is 10.1. The number of hydrogen-bond donors (Lipinski definition) is 5. The smallest absolute Gasteiger partial charge is 0.328 e. The molecule has 6 N–H and O–H groups in total. The van der Waals surface area contributed by atoms with E-state index in [-0.39, 0.29) is 16.8 Å². The first kappa shape index (κ1) is 20.5. The molecule has 0 saturated carbocycles. The molecule has 1 rings (SSSR count). The molecule has 1 amide bonds. The Balaban J connectivity index is 3.23. The normalized spacial score (nSPS) is 11.8. The van der Waals surface area contributed by atoms with E-state index in [0.717, 1.165) is 6.42 Å². The Kier molecular flexibility index (Phi) is 7.64. The third kappa shape index (κ3) is 5.83. The predicted octanol–water partition coefficient (Wildman–Crippen LogP) is 1.20. The molecule has 9 heteroatoms. The number of carbonyl (C=O) groups is 2. The van der Waals surface area contributed by atoms with E-state index in [0.29, 0.717) is 6.42 Å². The maximum atomic E-state index is 12.3. The van der Waals surface area contributed by atoms with Crippen LogP contribution in [0.4, 0.5) is 5.69 Å². The van der Waals surface area contributed by atoms with Crippen molar-refractivity contribution in [2.24, 2.45) is 5.18 Å². The number of amides is 1.